The fourth-order valence-electron chi connectivity index (χ4n) is 1.41. The molecule has 10 heteroatoms. The van der Waals surface area contributed by atoms with Gasteiger partial charge in [0.25, 0.3) is 11.6 Å². The zero-order valence-electron chi connectivity index (χ0n) is 10.1. The number of non-ortho nitro benzene ring substituents is 1. The summed E-state index contributed by atoms with van der Waals surface area (Å²) in [6.45, 7) is 1.73. The van der Waals surface area contributed by atoms with Crippen LogP contribution in [0.25, 0.3) is 0 Å². The summed E-state index contributed by atoms with van der Waals surface area (Å²) in [7, 11) is 0. The molecular formula is C10H8ClN5O3S. The van der Waals surface area contributed by atoms with Crippen LogP contribution in [-0.4, -0.2) is 21.0 Å². The van der Waals surface area contributed by atoms with Gasteiger partial charge in [-0.25, -0.2) is 0 Å². The molecule has 1 aromatic carbocycles. The van der Waals surface area contributed by atoms with E-state index in [1.165, 1.54) is 11.3 Å². The molecule has 3 N–H and O–H groups in total. The molecule has 1 amide bonds. The molecule has 1 heterocycles. The van der Waals surface area contributed by atoms with E-state index in [2.05, 4.69) is 15.5 Å². The summed E-state index contributed by atoms with van der Waals surface area (Å²) in [5.41, 5.74) is 5.23. The third-order valence-corrected chi connectivity index (χ3v) is 3.38. The van der Waals surface area contributed by atoms with Crippen molar-refractivity contribution in [3.8, 4) is 0 Å². The van der Waals surface area contributed by atoms with Gasteiger partial charge < -0.3 is 5.73 Å². The summed E-state index contributed by atoms with van der Waals surface area (Å²) in [4.78, 5) is 22.1. The SMILES string of the molecule is Cc1nnc(NC(=O)c2cc([N+](=O)[O-])cc(Cl)c2N)s1. The minimum absolute atomic E-state index is 0.0315. The number of hydrogen-bond acceptors (Lipinski definition) is 7. The van der Waals surface area contributed by atoms with Gasteiger partial charge in [0.1, 0.15) is 5.01 Å². The Kier molecular flexibility index (Phi) is 3.81. The normalized spacial score (nSPS) is 10.3. The highest BCUT2D eigenvalue weighted by molar-refractivity contribution is 7.15. The Balaban J connectivity index is 2.36. The van der Waals surface area contributed by atoms with Gasteiger partial charge in [0.15, 0.2) is 0 Å². The molecule has 0 atom stereocenters. The monoisotopic (exact) mass is 313 g/mol. The van der Waals surface area contributed by atoms with E-state index < -0.39 is 10.8 Å². The van der Waals surface area contributed by atoms with E-state index in [-0.39, 0.29) is 27.1 Å². The molecule has 0 saturated carbocycles. The number of amides is 1. The Morgan fingerprint density at radius 1 is 1.50 bits per heavy atom. The van der Waals surface area contributed by atoms with E-state index in [4.69, 9.17) is 17.3 Å². The first-order chi connectivity index (χ1) is 9.38. The van der Waals surface area contributed by atoms with E-state index >= 15 is 0 Å². The Bertz CT molecular complexity index is 702. The van der Waals surface area contributed by atoms with Crippen molar-refractivity contribution >= 4 is 45.4 Å². The Morgan fingerprint density at radius 2 is 2.20 bits per heavy atom. The smallest absolute Gasteiger partial charge is 0.271 e. The second-order valence-corrected chi connectivity index (χ2v) is 5.32. The minimum atomic E-state index is -0.656. The highest BCUT2D eigenvalue weighted by atomic mass is 35.5. The van der Waals surface area contributed by atoms with Gasteiger partial charge in [0.2, 0.25) is 5.13 Å². The lowest BCUT2D eigenvalue weighted by molar-refractivity contribution is -0.384. The molecule has 2 aromatic rings. The Morgan fingerprint density at radius 3 is 2.75 bits per heavy atom. The summed E-state index contributed by atoms with van der Waals surface area (Å²) in [5, 5.41) is 21.6. The van der Waals surface area contributed by atoms with Crippen LogP contribution in [0.4, 0.5) is 16.5 Å². The van der Waals surface area contributed by atoms with Crippen molar-refractivity contribution < 1.29 is 9.72 Å². The Hall–Kier alpha value is -2.26. The maximum atomic E-state index is 12.0. The number of nitrogens with zero attached hydrogens (tertiary/aromatic N) is 3. The highest BCUT2D eigenvalue weighted by Crippen LogP contribution is 2.29. The molecule has 0 aliphatic carbocycles. The number of aryl methyl sites for hydroxylation is 1. The molecule has 2 rings (SSSR count). The number of nitrogens with two attached hydrogens (primary N) is 1. The molecule has 0 spiro atoms. The summed E-state index contributed by atoms with van der Waals surface area (Å²) in [6, 6.07) is 2.15. The van der Waals surface area contributed by atoms with Crippen molar-refractivity contribution in [2.24, 2.45) is 0 Å². The van der Waals surface area contributed by atoms with E-state index in [1.807, 2.05) is 0 Å². The van der Waals surface area contributed by atoms with E-state index in [1.54, 1.807) is 6.92 Å². The van der Waals surface area contributed by atoms with Crippen LogP contribution in [0.15, 0.2) is 12.1 Å². The first kappa shape index (κ1) is 14.2. The van der Waals surface area contributed by atoms with Crippen LogP contribution >= 0.6 is 22.9 Å². The van der Waals surface area contributed by atoms with Crippen LogP contribution in [-0.2, 0) is 0 Å². The van der Waals surface area contributed by atoms with E-state index in [0.29, 0.717) is 5.01 Å². The molecule has 8 nitrogen and oxygen atoms in total. The average Bonchev–Trinajstić information content (AvgIpc) is 2.77. The molecule has 20 heavy (non-hydrogen) atoms. The minimum Gasteiger partial charge on any atom is -0.397 e. The lowest BCUT2D eigenvalue weighted by atomic mass is 10.1. The van der Waals surface area contributed by atoms with Crippen molar-refractivity contribution in [3.05, 3.63) is 37.8 Å². The molecule has 0 radical (unpaired) electrons. The third-order valence-electron chi connectivity index (χ3n) is 2.32. The predicted octanol–water partition coefficient (Wildman–Crippen LogP) is 2.24. The van der Waals surface area contributed by atoms with Crippen LogP contribution in [0.3, 0.4) is 0 Å². The number of anilines is 2. The van der Waals surface area contributed by atoms with Crippen molar-refractivity contribution in [2.45, 2.75) is 6.92 Å². The number of benzene rings is 1. The summed E-state index contributed by atoms with van der Waals surface area (Å²) in [6.07, 6.45) is 0. The fraction of sp³-hybridized carbons (Fsp3) is 0.100. The lowest BCUT2D eigenvalue weighted by Crippen LogP contribution is -2.14. The van der Waals surface area contributed by atoms with Gasteiger partial charge in [0, 0.05) is 12.1 Å². The second kappa shape index (κ2) is 5.39. The highest BCUT2D eigenvalue weighted by Gasteiger charge is 2.19. The number of nitrogens with one attached hydrogen (secondary N) is 1. The van der Waals surface area contributed by atoms with Crippen LogP contribution in [0.2, 0.25) is 5.02 Å². The molecule has 104 valence electrons. The maximum Gasteiger partial charge on any atom is 0.271 e. The summed E-state index contributed by atoms with van der Waals surface area (Å²) >= 11 is 6.95. The number of hydrogen-bond donors (Lipinski definition) is 2. The van der Waals surface area contributed by atoms with Crippen molar-refractivity contribution in [2.75, 3.05) is 11.1 Å². The molecule has 1 aromatic heterocycles. The van der Waals surface area contributed by atoms with Crippen LogP contribution in [0.5, 0.6) is 0 Å². The zero-order chi connectivity index (χ0) is 14.9. The molecule has 0 aliphatic heterocycles. The van der Waals surface area contributed by atoms with Gasteiger partial charge in [-0.3, -0.25) is 20.2 Å². The average molecular weight is 314 g/mol. The van der Waals surface area contributed by atoms with Crippen LogP contribution in [0.1, 0.15) is 15.4 Å². The van der Waals surface area contributed by atoms with E-state index in [0.717, 1.165) is 12.1 Å². The number of carbonyl (C=O) groups is 1. The number of rotatable bonds is 3. The number of nitrogen functional groups attached to an aromatic ring is 1. The van der Waals surface area contributed by atoms with Crippen molar-refractivity contribution in [1.29, 1.82) is 0 Å². The van der Waals surface area contributed by atoms with Gasteiger partial charge >= 0.3 is 0 Å². The first-order valence-corrected chi connectivity index (χ1v) is 6.43. The third kappa shape index (κ3) is 2.83. The van der Waals surface area contributed by atoms with Crippen LogP contribution in [0, 0.1) is 17.0 Å². The standard InChI is InChI=1S/C10H8ClN5O3S/c1-4-14-15-10(20-4)13-9(17)6-2-5(16(18)19)3-7(11)8(6)12/h2-3H,12H2,1H3,(H,13,15,17). The molecule has 0 aliphatic rings. The number of nitro benzene ring substituents is 1. The summed E-state index contributed by atoms with van der Waals surface area (Å²) in [5.74, 6) is -0.635. The fourth-order valence-corrected chi connectivity index (χ4v) is 2.21. The summed E-state index contributed by atoms with van der Waals surface area (Å²) < 4.78 is 0. The topological polar surface area (TPSA) is 124 Å². The van der Waals surface area contributed by atoms with Gasteiger partial charge in [-0.15, -0.1) is 10.2 Å². The Labute approximate surface area is 121 Å². The van der Waals surface area contributed by atoms with Crippen molar-refractivity contribution in [1.82, 2.24) is 10.2 Å². The first-order valence-electron chi connectivity index (χ1n) is 5.23. The van der Waals surface area contributed by atoms with Crippen LogP contribution < -0.4 is 11.1 Å². The van der Waals surface area contributed by atoms with Gasteiger partial charge in [0.05, 0.1) is 21.2 Å². The lowest BCUT2D eigenvalue weighted by Gasteiger charge is -2.06. The molecule has 0 unspecified atom stereocenters. The number of nitro groups is 1. The molecular weight excluding hydrogens is 306 g/mol. The number of carbonyl (C=O) groups excluding carboxylic acids is 1. The molecule has 0 saturated heterocycles. The largest absolute Gasteiger partial charge is 0.397 e. The van der Waals surface area contributed by atoms with Gasteiger partial charge in [-0.05, 0) is 6.92 Å². The predicted molar refractivity (Wildman–Crippen MR) is 75.1 cm³/mol. The zero-order valence-corrected chi connectivity index (χ0v) is 11.7. The second-order valence-electron chi connectivity index (χ2n) is 3.73. The van der Waals surface area contributed by atoms with Crippen molar-refractivity contribution in [3.63, 3.8) is 0 Å². The number of aromatic nitrogens is 2. The van der Waals surface area contributed by atoms with Gasteiger partial charge in [-0.1, -0.05) is 22.9 Å². The quantitative estimate of drug-likeness (QED) is 0.508. The molecule has 0 bridgehead atoms. The number of halogens is 1. The maximum absolute atomic E-state index is 12.0. The van der Waals surface area contributed by atoms with Gasteiger partial charge in [-0.2, -0.15) is 0 Å². The molecule has 0 fully saturated rings. The van der Waals surface area contributed by atoms with E-state index in [9.17, 15) is 14.9 Å².